The maximum Gasteiger partial charge on any atom is 0.318 e. The van der Waals surface area contributed by atoms with Crippen LogP contribution >= 0.6 is 0 Å². The van der Waals surface area contributed by atoms with Crippen LogP contribution in [0.1, 0.15) is 16.7 Å². The summed E-state index contributed by atoms with van der Waals surface area (Å²) < 4.78 is 0. The van der Waals surface area contributed by atoms with Gasteiger partial charge in [0.05, 0.1) is 13.1 Å². The third-order valence-corrected chi connectivity index (χ3v) is 4.65. The van der Waals surface area contributed by atoms with Crippen molar-refractivity contribution in [2.24, 2.45) is 0 Å². The lowest BCUT2D eigenvalue weighted by Gasteiger charge is -2.24. The minimum absolute atomic E-state index is 0.0371. The largest absolute Gasteiger partial charge is 0.508 e. The molecule has 0 saturated carbocycles. The average molecular weight is 426 g/mol. The number of phenols is 6. The normalized spacial score (nSPS) is 10.6. The standard InChI is InChI=1S/C22H22N2O7/c25-16-4-1-13(19(28)7-16)10-23-22(31)24(11-14-2-5-17(26)8-20(14)29)12-15-3-6-18(27)9-21(15)30/h1-9,25-30H,10-12H2,(H,23,31). The highest BCUT2D eigenvalue weighted by Gasteiger charge is 2.19. The maximum absolute atomic E-state index is 12.9. The van der Waals surface area contributed by atoms with Crippen LogP contribution in [0, 0.1) is 0 Å². The fourth-order valence-electron chi connectivity index (χ4n) is 2.97. The topological polar surface area (TPSA) is 154 Å². The summed E-state index contributed by atoms with van der Waals surface area (Å²) in [6.45, 7) is -0.149. The van der Waals surface area contributed by atoms with Gasteiger partial charge in [0.1, 0.15) is 34.5 Å². The van der Waals surface area contributed by atoms with E-state index in [0.717, 1.165) is 18.2 Å². The highest BCUT2D eigenvalue weighted by atomic mass is 16.3. The summed E-state index contributed by atoms with van der Waals surface area (Å²) >= 11 is 0. The fraction of sp³-hybridized carbons (Fsp3) is 0.136. The molecule has 0 unspecified atom stereocenters. The molecule has 31 heavy (non-hydrogen) atoms. The van der Waals surface area contributed by atoms with Crippen molar-refractivity contribution in [2.45, 2.75) is 19.6 Å². The molecule has 7 N–H and O–H groups in total. The van der Waals surface area contributed by atoms with E-state index in [1.54, 1.807) is 0 Å². The van der Waals surface area contributed by atoms with Crippen LogP contribution in [0.2, 0.25) is 0 Å². The summed E-state index contributed by atoms with van der Waals surface area (Å²) in [5.74, 6) is -0.959. The second-order valence-corrected chi connectivity index (χ2v) is 6.95. The Morgan fingerprint density at radius 2 is 1.03 bits per heavy atom. The molecule has 9 heteroatoms. The van der Waals surface area contributed by atoms with Crippen molar-refractivity contribution in [1.29, 1.82) is 0 Å². The van der Waals surface area contributed by atoms with Gasteiger partial charge in [-0.2, -0.15) is 0 Å². The SMILES string of the molecule is O=C(NCc1ccc(O)cc1O)N(Cc1ccc(O)cc1O)Cc1ccc(O)cc1O. The fourth-order valence-corrected chi connectivity index (χ4v) is 2.97. The molecule has 0 fully saturated rings. The number of hydrogen-bond acceptors (Lipinski definition) is 7. The number of carbonyl (C=O) groups is 1. The first-order valence-corrected chi connectivity index (χ1v) is 9.28. The number of nitrogens with zero attached hydrogens (tertiary/aromatic N) is 1. The lowest BCUT2D eigenvalue weighted by Crippen LogP contribution is -2.38. The van der Waals surface area contributed by atoms with E-state index in [1.807, 2.05) is 0 Å². The van der Waals surface area contributed by atoms with Gasteiger partial charge in [-0.05, 0) is 36.4 Å². The molecule has 9 nitrogen and oxygen atoms in total. The molecule has 3 aromatic carbocycles. The van der Waals surface area contributed by atoms with Crippen LogP contribution in [-0.4, -0.2) is 41.6 Å². The number of rotatable bonds is 6. The minimum Gasteiger partial charge on any atom is -0.508 e. The first kappa shape index (κ1) is 21.4. The Kier molecular flexibility index (Phi) is 6.25. The van der Waals surface area contributed by atoms with Crippen LogP contribution in [0.15, 0.2) is 54.6 Å². The zero-order valence-electron chi connectivity index (χ0n) is 16.4. The van der Waals surface area contributed by atoms with E-state index >= 15 is 0 Å². The summed E-state index contributed by atoms with van der Waals surface area (Å²) in [6, 6.07) is 11.4. The predicted molar refractivity (Wildman–Crippen MR) is 111 cm³/mol. The molecular formula is C22H22N2O7. The molecule has 162 valence electrons. The van der Waals surface area contributed by atoms with Gasteiger partial charge in [-0.15, -0.1) is 0 Å². The molecule has 0 saturated heterocycles. The van der Waals surface area contributed by atoms with Gasteiger partial charge in [-0.3, -0.25) is 0 Å². The second-order valence-electron chi connectivity index (χ2n) is 6.95. The van der Waals surface area contributed by atoms with Crippen molar-refractivity contribution in [3.8, 4) is 34.5 Å². The van der Waals surface area contributed by atoms with Crippen molar-refractivity contribution in [3.05, 3.63) is 71.3 Å². The molecule has 0 aliphatic rings. The summed E-state index contributed by atoms with van der Waals surface area (Å²) in [6.07, 6.45) is 0. The molecule has 0 radical (unpaired) electrons. The van der Waals surface area contributed by atoms with Gasteiger partial charge in [0.15, 0.2) is 0 Å². The van der Waals surface area contributed by atoms with Gasteiger partial charge < -0.3 is 40.9 Å². The van der Waals surface area contributed by atoms with Crippen molar-refractivity contribution >= 4 is 6.03 Å². The molecule has 0 aliphatic carbocycles. The van der Waals surface area contributed by atoms with E-state index in [9.17, 15) is 35.4 Å². The molecule has 0 atom stereocenters. The summed E-state index contributed by atoms with van der Waals surface area (Å²) in [4.78, 5) is 14.2. The number of aromatic hydroxyl groups is 6. The lowest BCUT2D eigenvalue weighted by atomic mass is 10.1. The third-order valence-electron chi connectivity index (χ3n) is 4.65. The van der Waals surface area contributed by atoms with Gasteiger partial charge in [0, 0.05) is 41.4 Å². The molecule has 0 aliphatic heterocycles. The van der Waals surface area contributed by atoms with E-state index in [2.05, 4.69) is 5.32 Å². The third kappa shape index (κ3) is 5.41. The average Bonchev–Trinajstić information content (AvgIpc) is 2.70. The Morgan fingerprint density at radius 1 is 0.645 bits per heavy atom. The number of benzene rings is 3. The minimum atomic E-state index is -0.563. The molecule has 3 rings (SSSR count). The Morgan fingerprint density at radius 3 is 1.42 bits per heavy atom. The number of hydrogen-bond donors (Lipinski definition) is 7. The monoisotopic (exact) mass is 426 g/mol. The molecule has 0 heterocycles. The van der Waals surface area contributed by atoms with E-state index in [0.29, 0.717) is 16.7 Å². The van der Waals surface area contributed by atoms with Crippen LogP contribution in [0.3, 0.4) is 0 Å². The van der Waals surface area contributed by atoms with Crippen LogP contribution in [0.5, 0.6) is 34.5 Å². The molecular weight excluding hydrogens is 404 g/mol. The molecule has 0 spiro atoms. The zero-order valence-corrected chi connectivity index (χ0v) is 16.4. The lowest BCUT2D eigenvalue weighted by molar-refractivity contribution is 0.190. The number of amides is 2. The van der Waals surface area contributed by atoms with Gasteiger partial charge in [-0.25, -0.2) is 4.79 Å². The quantitative estimate of drug-likeness (QED) is 0.320. The predicted octanol–water partition coefficient (Wildman–Crippen LogP) is 2.83. The summed E-state index contributed by atoms with van der Waals surface area (Å²) in [7, 11) is 0. The van der Waals surface area contributed by atoms with Gasteiger partial charge in [-0.1, -0.05) is 0 Å². The second kappa shape index (κ2) is 9.04. The van der Waals surface area contributed by atoms with Crippen LogP contribution < -0.4 is 5.32 Å². The van der Waals surface area contributed by atoms with Crippen molar-refractivity contribution in [1.82, 2.24) is 10.2 Å². The maximum atomic E-state index is 12.9. The first-order valence-electron chi connectivity index (χ1n) is 9.28. The van der Waals surface area contributed by atoms with Crippen LogP contribution in [-0.2, 0) is 19.6 Å². The molecule has 3 aromatic rings. The van der Waals surface area contributed by atoms with Gasteiger partial charge in [0.25, 0.3) is 0 Å². The highest BCUT2D eigenvalue weighted by Crippen LogP contribution is 2.28. The molecule has 0 bridgehead atoms. The smallest absolute Gasteiger partial charge is 0.318 e. The van der Waals surface area contributed by atoms with Crippen molar-refractivity contribution in [3.63, 3.8) is 0 Å². The van der Waals surface area contributed by atoms with Crippen molar-refractivity contribution in [2.75, 3.05) is 0 Å². The Balaban J connectivity index is 1.81. The molecule has 2 amide bonds. The Hall–Kier alpha value is -4.27. The first-order chi connectivity index (χ1) is 14.7. The number of urea groups is 1. The Labute approximate surface area is 177 Å². The number of carbonyl (C=O) groups excluding carboxylic acids is 1. The number of phenolic OH excluding ortho intramolecular Hbond substituents is 6. The van der Waals surface area contributed by atoms with E-state index in [-0.39, 0.29) is 54.1 Å². The van der Waals surface area contributed by atoms with Gasteiger partial charge >= 0.3 is 6.03 Å². The molecule has 0 aromatic heterocycles. The van der Waals surface area contributed by atoms with E-state index < -0.39 is 6.03 Å². The number of nitrogens with one attached hydrogen (secondary N) is 1. The van der Waals surface area contributed by atoms with Crippen molar-refractivity contribution < 1.29 is 35.4 Å². The van der Waals surface area contributed by atoms with Gasteiger partial charge in [0.2, 0.25) is 0 Å². The summed E-state index contributed by atoms with van der Waals surface area (Å²) in [5, 5.41) is 61.1. The summed E-state index contributed by atoms with van der Waals surface area (Å²) in [5.41, 5.74) is 1.10. The van der Waals surface area contributed by atoms with E-state index in [4.69, 9.17) is 0 Å². The van der Waals surface area contributed by atoms with Crippen LogP contribution in [0.25, 0.3) is 0 Å². The highest BCUT2D eigenvalue weighted by molar-refractivity contribution is 5.74. The Bertz CT molecular complexity index is 1050. The zero-order chi connectivity index (χ0) is 22.5. The van der Waals surface area contributed by atoms with Crippen LogP contribution in [0.4, 0.5) is 4.79 Å². The van der Waals surface area contributed by atoms with E-state index in [1.165, 1.54) is 41.3 Å².